The van der Waals surface area contributed by atoms with Gasteiger partial charge in [0.25, 0.3) is 5.56 Å². The summed E-state index contributed by atoms with van der Waals surface area (Å²) in [5.41, 5.74) is 1.91. The van der Waals surface area contributed by atoms with Gasteiger partial charge in [0.2, 0.25) is 0 Å². The lowest BCUT2D eigenvalue weighted by atomic mass is 10.0. The SMILES string of the molecule is CCCCC(CCC)n1cnc2c(sc3nccc(N4CCC(O)CC4)c32)c1=O. The van der Waals surface area contributed by atoms with Crippen LogP contribution in [-0.4, -0.2) is 38.8 Å². The van der Waals surface area contributed by atoms with Crippen LogP contribution in [0, 0.1) is 0 Å². The predicted octanol–water partition coefficient (Wildman–Crippen LogP) is 4.50. The van der Waals surface area contributed by atoms with Crippen molar-refractivity contribution in [1.82, 2.24) is 14.5 Å². The van der Waals surface area contributed by atoms with Gasteiger partial charge in [0.15, 0.2) is 0 Å². The fourth-order valence-corrected chi connectivity index (χ4v) is 5.43. The van der Waals surface area contributed by atoms with Gasteiger partial charge in [-0.25, -0.2) is 9.97 Å². The van der Waals surface area contributed by atoms with Crippen LogP contribution in [0.3, 0.4) is 0 Å². The molecular weight excluding hydrogens is 384 g/mol. The van der Waals surface area contributed by atoms with Crippen molar-refractivity contribution in [3.8, 4) is 0 Å². The summed E-state index contributed by atoms with van der Waals surface area (Å²) >= 11 is 1.46. The van der Waals surface area contributed by atoms with Crippen molar-refractivity contribution in [1.29, 1.82) is 0 Å². The summed E-state index contributed by atoms with van der Waals surface area (Å²) in [4.78, 5) is 25.8. The number of rotatable bonds is 7. The lowest BCUT2D eigenvalue weighted by Crippen LogP contribution is -2.35. The molecule has 3 aromatic heterocycles. The number of aromatic nitrogens is 3. The summed E-state index contributed by atoms with van der Waals surface area (Å²) in [7, 11) is 0. The van der Waals surface area contributed by atoms with Gasteiger partial charge in [-0.05, 0) is 31.7 Å². The van der Waals surface area contributed by atoms with Gasteiger partial charge in [-0.1, -0.05) is 33.1 Å². The second-order valence-electron chi connectivity index (χ2n) is 8.05. The Bertz CT molecular complexity index is 1040. The van der Waals surface area contributed by atoms with Gasteiger partial charge in [0.05, 0.1) is 29.0 Å². The van der Waals surface area contributed by atoms with Gasteiger partial charge in [0.1, 0.15) is 9.53 Å². The molecule has 1 N–H and O–H groups in total. The summed E-state index contributed by atoms with van der Waals surface area (Å²) in [6.45, 7) is 5.97. The van der Waals surface area contributed by atoms with Crippen molar-refractivity contribution in [2.75, 3.05) is 18.0 Å². The Morgan fingerprint density at radius 3 is 2.72 bits per heavy atom. The maximum absolute atomic E-state index is 13.4. The van der Waals surface area contributed by atoms with E-state index in [2.05, 4.69) is 23.7 Å². The van der Waals surface area contributed by atoms with E-state index in [9.17, 15) is 9.90 Å². The van der Waals surface area contributed by atoms with Crippen molar-refractivity contribution in [2.24, 2.45) is 0 Å². The van der Waals surface area contributed by atoms with Crippen molar-refractivity contribution >= 4 is 37.5 Å². The molecule has 7 heteroatoms. The van der Waals surface area contributed by atoms with Crippen molar-refractivity contribution < 1.29 is 5.11 Å². The lowest BCUT2D eigenvalue weighted by Gasteiger charge is -2.31. The van der Waals surface area contributed by atoms with Crippen LogP contribution in [0.15, 0.2) is 23.4 Å². The van der Waals surface area contributed by atoms with Gasteiger partial charge in [-0.2, -0.15) is 0 Å². The first-order chi connectivity index (χ1) is 14.1. The Kier molecular flexibility index (Phi) is 6.15. The maximum Gasteiger partial charge on any atom is 0.271 e. The third-order valence-corrected chi connectivity index (χ3v) is 7.07. The van der Waals surface area contributed by atoms with Crippen LogP contribution in [0.4, 0.5) is 5.69 Å². The highest BCUT2D eigenvalue weighted by Gasteiger charge is 2.23. The number of aliphatic hydroxyl groups is 1. The van der Waals surface area contributed by atoms with Crippen LogP contribution in [0.1, 0.15) is 64.8 Å². The number of aliphatic hydroxyl groups excluding tert-OH is 1. The van der Waals surface area contributed by atoms with E-state index in [1.807, 2.05) is 16.8 Å². The standard InChI is InChI=1S/C22H30N4O2S/c1-3-5-7-15(6-4-2)26-14-24-19-18-17(25-12-9-16(27)10-13-25)8-11-23-21(18)29-20(19)22(26)28/h8,11,14-16,27H,3-7,9-10,12-13H2,1-2H3. The van der Waals surface area contributed by atoms with E-state index in [1.165, 1.54) is 11.3 Å². The van der Waals surface area contributed by atoms with Gasteiger partial charge >= 0.3 is 0 Å². The van der Waals surface area contributed by atoms with E-state index in [0.717, 1.165) is 79.5 Å². The maximum atomic E-state index is 13.4. The van der Waals surface area contributed by atoms with Crippen LogP contribution < -0.4 is 10.5 Å². The molecule has 4 rings (SSSR count). The zero-order valence-electron chi connectivity index (χ0n) is 17.3. The highest BCUT2D eigenvalue weighted by Crippen LogP contribution is 2.37. The number of nitrogens with zero attached hydrogens (tertiary/aromatic N) is 4. The van der Waals surface area contributed by atoms with Gasteiger partial charge in [0, 0.05) is 25.3 Å². The number of thiophene rings is 1. The minimum Gasteiger partial charge on any atom is -0.393 e. The zero-order chi connectivity index (χ0) is 20.4. The molecule has 29 heavy (non-hydrogen) atoms. The first-order valence-corrected chi connectivity index (χ1v) is 11.7. The fraction of sp³-hybridized carbons (Fsp3) is 0.591. The Hall–Kier alpha value is -1.99. The summed E-state index contributed by atoms with van der Waals surface area (Å²) < 4.78 is 2.56. The largest absolute Gasteiger partial charge is 0.393 e. The third kappa shape index (κ3) is 3.90. The number of piperidine rings is 1. The molecule has 4 heterocycles. The first kappa shape index (κ1) is 20.3. The van der Waals surface area contributed by atoms with Crippen molar-refractivity contribution in [3.63, 3.8) is 0 Å². The third-order valence-electron chi connectivity index (χ3n) is 6.00. The molecule has 0 bridgehead atoms. The van der Waals surface area contributed by atoms with Crippen molar-refractivity contribution in [2.45, 2.75) is 70.9 Å². The van der Waals surface area contributed by atoms with E-state index in [1.54, 1.807) is 6.33 Å². The second kappa shape index (κ2) is 8.79. The number of pyridine rings is 1. The average Bonchev–Trinajstić information content (AvgIpc) is 3.12. The lowest BCUT2D eigenvalue weighted by molar-refractivity contribution is 0.145. The van der Waals surface area contributed by atoms with Crippen LogP contribution in [0.2, 0.25) is 0 Å². The fourth-order valence-electron chi connectivity index (χ4n) is 4.38. The second-order valence-corrected chi connectivity index (χ2v) is 9.05. The summed E-state index contributed by atoms with van der Waals surface area (Å²) in [6.07, 6.45) is 10.2. The monoisotopic (exact) mass is 414 g/mol. The first-order valence-electron chi connectivity index (χ1n) is 10.8. The molecule has 0 amide bonds. The van der Waals surface area contributed by atoms with Gasteiger partial charge in [-0.15, -0.1) is 11.3 Å². The van der Waals surface area contributed by atoms with Gasteiger partial charge < -0.3 is 10.0 Å². The molecule has 156 valence electrons. The number of hydrogen-bond acceptors (Lipinski definition) is 6. The Morgan fingerprint density at radius 2 is 2.00 bits per heavy atom. The zero-order valence-corrected chi connectivity index (χ0v) is 18.1. The van der Waals surface area contributed by atoms with E-state index < -0.39 is 0 Å². The van der Waals surface area contributed by atoms with E-state index in [-0.39, 0.29) is 17.7 Å². The molecule has 1 atom stereocenters. The molecule has 1 fully saturated rings. The minimum atomic E-state index is -0.216. The molecule has 3 aromatic rings. The number of hydrogen-bond donors (Lipinski definition) is 1. The van der Waals surface area contributed by atoms with Crippen LogP contribution in [-0.2, 0) is 0 Å². The Morgan fingerprint density at radius 1 is 1.21 bits per heavy atom. The quantitative estimate of drug-likeness (QED) is 0.616. The smallest absolute Gasteiger partial charge is 0.271 e. The molecule has 1 saturated heterocycles. The molecule has 0 spiro atoms. The normalized spacial score (nSPS) is 16.7. The van der Waals surface area contributed by atoms with E-state index in [0.29, 0.717) is 4.70 Å². The Labute approximate surface area is 175 Å². The van der Waals surface area contributed by atoms with Gasteiger partial charge in [-0.3, -0.25) is 9.36 Å². The molecule has 0 aromatic carbocycles. The average molecular weight is 415 g/mol. The van der Waals surface area contributed by atoms with Crippen LogP contribution in [0.5, 0.6) is 0 Å². The summed E-state index contributed by atoms with van der Waals surface area (Å²) in [5, 5.41) is 10.8. The summed E-state index contributed by atoms with van der Waals surface area (Å²) in [5.74, 6) is 0. The Balaban J connectivity index is 1.80. The minimum absolute atomic E-state index is 0.0626. The molecule has 0 saturated carbocycles. The molecular formula is C22H30N4O2S. The predicted molar refractivity (Wildman–Crippen MR) is 120 cm³/mol. The van der Waals surface area contributed by atoms with Crippen LogP contribution >= 0.6 is 11.3 Å². The number of fused-ring (bicyclic) bond motifs is 3. The topological polar surface area (TPSA) is 71.2 Å². The molecule has 1 aliphatic rings. The number of unbranched alkanes of at least 4 members (excludes halogenated alkanes) is 1. The van der Waals surface area contributed by atoms with E-state index >= 15 is 0 Å². The molecule has 1 aliphatic heterocycles. The molecule has 0 aliphatic carbocycles. The highest BCUT2D eigenvalue weighted by atomic mass is 32.1. The number of anilines is 1. The molecule has 0 radical (unpaired) electrons. The van der Waals surface area contributed by atoms with Crippen LogP contribution in [0.25, 0.3) is 20.4 Å². The summed E-state index contributed by atoms with van der Waals surface area (Å²) in [6, 6.07) is 2.23. The molecule has 6 nitrogen and oxygen atoms in total. The molecule has 1 unspecified atom stereocenters. The van der Waals surface area contributed by atoms with Crippen molar-refractivity contribution in [3.05, 3.63) is 28.9 Å². The van der Waals surface area contributed by atoms with E-state index in [4.69, 9.17) is 4.98 Å². The highest BCUT2D eigenvalue weighted by molar-refractivity contribution is 7.25.